The van der Waals surface area contributed by atoms with Crippen LogP contribution in [0.15, 0.2) is 0 Å². The highest BCUT2D eigenvalue weighted by atomic mass is 15.2. The van der Waals surface area contributed by atoms with Crippen molar-refractivity contribution in [2.45, 2.75) is 50.7 Å². The second-order valence-electron chi connectivity index (χ2n) is 3.99. The maximum Gasteiger partial charge on any atom is 0.0183 e. The molecule has 2 aliphatic rings. The van der Waals surface area contributed by atoms with E-state index in [1.807, 2.05) is 0 Å². The highest BCUT2D eigenvalue weighted by Gasteiger charge is 2.38. The van der Waals surface area contributed by atoms with E-state index in [0.29, 0.717) is 6.04 Å². The molecule has 1 heterocycles. The monoisotopic (exact) mass is 154 g/mol. The van der Waals surface area contributed by atoms with Crippen molar-refractivity contribution in [1.29, 1.82) is 0 Å². The number of likely N-dealkylation sites (tertiary alicyclic amines) is 1. The molecule has 0 aromatic heterocycles. The zero-order valence-electron chi connectivity index (χ0n) is 7.29. The van der Waals surface area contributed by atoms with Crippen LogP contribution >= 0.6 is 0 Å². The minimum atomic E-state index is 0.459. The van der Waals surface area contributed by atoms with E-state index in [1.165, 1.54) is 25.7 Å². The zero-order valence-corrected chi connectivity index (χ0v) is 7.29. The van der Waals surface area contributed by atoms with Gasteiger partial charge in [-0.1, -0.05) is 6.92 Å². The largest absolute Gasteiger partial charge is 0.326 e. The molecule has 2 N–H and O–H groups in total. The first-order chi connectivity index (χ1) is 5.31. The molecule has 0 bridgehead atoms. The van der Waals surface area contributed by atoms with Crippen molar-refractivity contribution in [2.75, 3.05) is 6.54 Å². The summed E-state index contributed by atoms with van der Waals surface area (Å²) >= 11 is 0. The third-order valence-corrected chi connectivity index (χ3v) is 2.98. The van der Waals surface area contributed by atoms with E-state index in [0.717, 1.165) is 18.6 Å². The Hall–Kier alpha value is -0.0800. The SMILES string of the molecule is CCC1CC(N)CN1C1CC1. The van der Waals surface area contributed by atoms with Gasteiger partial charge in [-0.25, -0.2) is 0 Å². The first-order valence-electron chi connectivity index (χ1n) is 4.82. The lowest BCUT2D eigenvalue weighted by molar-refractivity contribution is 0.237. The smallest absolute Gasteiger partial charge is 0.0183 e. The molecule has 2 fully saturated rings. The first-order valence-corrected chi connectivity index (χ1v) is 4.82. The summed E-state index contributed by atoms with van der Waals surface area (Å²) in [4.78, 5) is 2.63. The highest BCUT2D eigenvalue weighted by Crippen LogP contribution is 2.33. The van der Waals surface area contributed by atoms with Crippen LogP contribution in [0.5, 0.6) is 0 Å². The molecule has 1 saturated heterocycles. The van der Waals surface area contributed by atoms with Gasteiger partial charge in [0.25, 0.3) is 0 Å². The van der Waals surface area contributed by atoms with Crippen molar-refractivity contribution in [1.82, 2.24) is 4.90 Å². The first kappa shape index (κ1) is 7.56. The van der Waals surface area contributed by atoms with E-state index in [9.17, 15) is 0 Å². The van der Waals surface area contributed by atoms with Crippen LogP contribution in [0.2, 0.25) is 0 Å². The van der Waals surface area contributed by atoms with E-state index in [2.05, 4.69) is 11.8 Å². The Morgan fingerprint density at radius 3 is 2.73 bits per heavy atom. The van der Waals surface area contributed by atoms with Crippen molar-refractivity contribution in [3.05, 3.63) is 0 Å². The number of rotatable bonds is 2. The molecule has 2 atom stereocenters. The lowest BCUT2D eigenvalue weighted by Gasteiger charge is -2.22. The van der Waals surface area contributed by atoms with Crippen LogP contribution in [0.4, 0.5) is 0 Å². The molecule has 0 aromatic rings. The van der Waals surface area contributed by atoms with E-state index in [4.69, 9.17) is 5.73 Å². The van der Waals surface area contributed by atoms with Crippen molar-refractivity contribution in [3.63, 3.8) is 0 Å². The van der Waals surface area contributed by atoms with Crippen LogP contribution in [0.3, 0.4) is 0 Å². The Balaban J connectivity index is 1.95. The third kappa shape index (κ3) is 1.42. The number of nitrogens with zero attached hydrogens (tertiary/aromatic N) is 1. The Morgan fingerprint density at radius 2 is 2.18 bits per heavy atom. The van der Waals surface area contributed by atoms with Gasteiger partial charge >= 0.3 is 0 Å². The second-order valence-corrected chi connectivity index (χ2v) is 3.99. The lowest BCUT2D eigenvalue weighted by Crippen LogP contribution is -2.32. The van der Waals surface area contributed by atoms with Gasteiger partial charge in [0.2, 0.25) is 0 Å². The van der Waals surface area contributed by atoms with Crippen LogP contribution in [-0.2, 0) is 0 Å². The molecule has 0 spiro atoms. The van der Waals surface area contributed by atoms with Crippen LogP contribution in [0, 0.1) is 0 Å². The lowest BCUT2D eigenvalue weighted by atomic mass is 10.1. The normalized spacial score (nSPS) is 39.8. The summed E-state index contributed by atoms with van der Waals surface area (Å²) in [6.45, 7) is 3.43. The predicted octanol–water partition coefficient (Wildman–Crippen LogP) is 0.960. The van der Waals surface area contributed by atoms with Gasteiger partial charge < -0.3 is 5.73 Å². The quantitative estimate of drug-likeness (QED) is 0.642. The summed E-state index contributed by atoms with van der Waals surface area (Å²) < 4.78 is 0. The minimum absolute atomic E-state index is 0.459. The van der Waals surface area contributed by atoms with Crippen molar-refractivity contribution in [2.24, 2.45) is 5.73 Å². The Bertz CT molecular complexity index is 142. The minimum Gasteiger partial charge on any atom is -0.326 e. The van der Waals surface area contributed by atoms with Gasteiger partial charge in [0.15, 0.2) is 0 Å². The van der Waals surface area contributed by atoms with E-state index in [1.54, 1.807) is 0 Å². The molecule has 0 aromatic carbocycles. The Morgan fingerprint density at radius 1 is 1.45 bits per heavy atom. The van der Waals surface area contributed by atoms with E-state index >= 15 is 0 Å². The molecule has 1 aliphatic carbocycles. The van der Waals surface area contributed by atoms with Crippen molar-refractivity contribution < 1.29 is 0 Å². The maximum atomic E-state index is 5.92. The molecule has 2 unspecified atom stereocenters. The van der Waals surface area contributed by atoms with Gasteiger partial charge in [0.1, 0.15) is 0 Å². The van der Waals surface area contributed by atoms with Crippen LogP contribution in [0.25, 0.3) is 0 Å². The molecule has 64 valence electrons. The fourth-order valence-corrected chi connectivity index (χ4v) is 2.23. The standard InChI is InChI=1S/C9H18N2/c1-2-8-5-7(10)6-11(8)9-3-4-9/h7-9H,2-6,10H2,1H3. The number of nitrogens with two attached hydrogens (primary N) is 1. The molecule has 1 aliphatic heterocycles. The summed E-state index contributed by atoms with van der Waals surface area (Å²) in [5, 5.41) is 0. The predicted molar refractivity (Wildman–Crippen MR) is 46.4 cm³/mol. The third-order valence-electron chi connectivity index (χ3n) is 2.98. The average Bonchev–Trinajstić information content (AvgIpc) is 2.75. The summed E-state index contributed by atoms with van der Waals surface area (Å²) in [7, 11) is 0. The molecule has 2 rings (SSSR count). The van der Waals surface area contributed by atoms with Crippen LogP contribution in [-0.4, -0.2) is 29.6 Å². The summed E-state index contributed by atoms with van der Waals surface area (Å²) in [5.41, 5.74) is 5.92. The second kappa shape index (κ2) is 2.76. The fraction of sp³-hybridized carbons (Fsp3) is 1.00. The maximum absolute atomic E-state index is 5.92. The number of hydrogen-bond donors (Lipinski definition) is 1. The zero-order chi connectivity index (χ0) is 7.84. The molecule has 1 saturated carbocycles. The van der Waals surface area contributed by atoms with Gasteiger partial charge in [0, 0.05) is 24.7 Å². The van der Waals surface area contributed by atoms with Gasteiger partial charge in [-0.3, -0.25) is 4.90 Å². The summed E-state index contributed by atoms with van der Waals surface area (Å²) in [5.74, 6) is 0. The fourth-order valence-electron chi connectivity index (χ4n) is 2.23. The number of hydrogen-bond acceptors (Lipinski definition) is 2. The molecular formula is C9H18N2. The molecular weight excluding hydrogens is 136 g/mol. The molecule has 2 heteroatoms. The molecule has 2 nitrogen and oxygen atoms in total. The average molecular weight is 154 g/mol. The van der Waals surface area contributed by atoms with Crippen molar-refractivity contribution >= 4 is 0 Å². The van der Waals surface area contributed by atoms with E-state index in [-0.39, 0.29) is 0 Å². The van der Waals surface area contributed by atoms with Gasteiger partial charge in [0.05, 0.1) is 0 Å². The van der Waals surface area contributed by atoms with Crippen LogP contribution < -0.4 is 5.73 Å². The van der Waals surface area contributed by atoms with E-state index < -0.39 is 0 Å². The molecule has 0 amide bonds. The summed E-state index contributed by atoms with van der Waals surface area (Å²) in [6.07, 6.45) is 5.35. The Labute approximate surface area is 68.7 Å². The topological polar surface area (TPSA) is 29.3 Å². The molecule has 0 radical (unpaired) electrons. The van der Waals surface area contributed by atoms with Gasteiger partial charge in [-0.15, -0.1) is 0 Å². The van der Waals surface area contributed by atoms with Crippen molar-refractivity contribution in [3.8, 4) is 0 Å². The highest BCUT2D eigenvalue weighted by molar-refractivity contribution is 4.95. The summed E-state index contributed by atoms with van der Waals surface area (Å²) in [6, 6.07) is 2.17. The molecule has 11 heavy (non-hydrogen) atoms. The Kier molecular flexibility index (Phi) is 1.90. The van der Waals surface area contributed by atoms with Gasteiger partial charge in [-0.05, 0) is 25.7 Å². The van der Waals surface area contributed by atoms with Gasteiger partial charge in [-0.2, -0.15) is 0 Å². The van der Waals surface area contributed by atoms with Crippen LogP contribution in [0.1, 0.15) is 32.6 Å².